The van der Waals surface area contributed by atoms with E-state index in [-0.39, 0.29) is 23.6 Å². The predicted molar refractivity (Wildman–Crippen MR) is 93.1 cm³/mol. The Kier molecular flexibility index (Phi) is 3.41. The van der Waals surface area contributed by atoms with Crippen molar-refractivity contribution in [2.75, 3.05) is 12.4 Å². The molecule has 7 N–H and O–H groups in total. The van der Waals surface area contributed by atoms with Gasteiger partial charge in [-0.05, 0) is 18.2 Å². The molecule has 9 heteroatoms. The number of hydrogen-bond donors (Lipinski definition) is 5. The minimum atomic E-state index is 0.0396. The summed E-state index contributed by atoms with van der Waals surface area (Å²) in [5.74, 6) is 1.11. The lowest BCUT2D eigenvalue weighted by molar-refractivity contribution is -0.124. The number of nitrogen functional groups attached to an aromatic ring is 1. The third-order valence-electron chi connectivity index (χ3n) is 4.24. The third kappa shape index (κ3) is 2.69. The number of aromatic nitrogens is 1. The maximum atomic E-state index is 11.2. The fraction of sp³-hybridized carbons (Fsp3) is 0.250. The second-order valence-electron chi connectivity index (χ2n) is 6.03. The highest BCUT2D eigenvalue weighted by Crippen LogP contribution is 2.22. The number of amidine groups is 1. The van der Waals surface area contributed by atoms with Gasteiger partial charge in [0.2, 0.25) is 0 Å². The molecule has 1 aromatic heterocycles. The number of ketones is 1. The average molecular weight is 339 g/mol. The molecule has 2 aliphatic rings. The van der Waals surface area contributed by atoms with Crippen LogP contribution in [0.25, 0.3) is 11.1 Å². The van der Waals surface area contributed by atoms with Crippen LogP contribution in [0.2, 0.25) is 0 Å². The van der Waals surface area contributed by atoms with E-state index in [9.17, 15) is 4.79 Å². The van der Waals surface area contributed by atoms with Gasteiger partial charge in [0.1, 0.15) is 29.6 Å². The lowest BCUT2D eigenvalue weighted by atomic mass is 9.90. The summed E-state index contributed by atoms with van der Waals surface area (Å²) in [5, 5.41) is 14.7. The smallest absolute Gasteiger partial charge is 0.292 e. The third-order valence-corrected chi connectivity index (χ3v) is 4.24. The Morgan fingerprint density at radius 1 is 1.36 bits per heavy atom. The standard InChI is InChI=1S/C16H17N7O2/c17-13(7-1-2-11-10(3-7)23-16(19)25-11)12-14(18)20-6-21-15(12)22-8-4-9(24)5-8/h1-3,8,17,20H,4-6,18H2,(H2,19,23)(H,21,22). The van der Waals surface area contributed by atoms with E-state index in [1.807, 2.05) is 0 Å². The summed E-state index contributed by atoms with van der Waals surface area (Å²) in [5.41, 5.74) is 14.0. The second kappa shape index (κ2) is 5.62. The molecule has 1 aliphatic heterocycles. The molecule has 128 valence electrons. The number of anilines is 1. The zero-order valence-electron chi connectivity index (χ0n) is 13.3. The first-order chi connectivity index (χ1) is 12.0. The Labute approximate surface area is 142 Å². The quantitative estimate of drug-likeness (QED) is 0.501. The molecule has 0 spiro atoms. The number of hydrogen-bond acceptors (Lipinski definition) is 9. The molecular formula is C16H17N7O2. The number of nitrogens with two attached hydrogens (primary N) is 2. The number of aliphatic imine (C=N–C) groups is 1. The predicted octanol–water partition coefficient (Wildman–Crippen LogP) is 0.228. The molecule has 1 aromatic carbocycles. The summed E-state index contributed by atoms with van der Waals surface area (Å²) in [7, 11) is 0. The van der Waals surface area contributed by atoms with Crippen molar-refractivity contribution in [3.8, 4) is 0 Å². The van der Waals surface area contributed by atoms with Crippen molar-refractivity contribution in [3.05, 3.63) is 35.2 Å². The van der Waals surface area contributed by atoms with Gasteiger partial charge in [-0.1, -0.05) is 0 Å². The van der Waals surface area contributed by atoms with Gasteiger partial charge in [0.15, 0.2) is 5.58 Å². The minimum absolute atomic E-state index is 0.0396. The molecule has 0 saturated heterocycles. The fourth-order valence-electron chi connectivity index (χ4n) is 2.90. The van der Waals surface area contributed by atoms with E-state index in [0.717, 1.165) is 0 Å². The van der Waals surface area contributed by atoms with Crippen molar-refractivity contribution in [3.63, 3.8) is 0 Å². The van der Waals surface area contributed by atoms with Crippen LogP contribution in [0.3, 0.4) is 0 Å². The number of oxazole rings is 1. The number of carbonyl (C=O) groups is 1. The topological polar surface area (TPSA) is 155 Å². The summed E-state index contributed by atoms with van der Waals surface area (Å²) in [6, 6.07) is 5.30. The van der Waals surface area contributed by atoms with E-state index < -0.39 is 0 Å². The summed E-state index contributed by atoms with van der Waals surface area (Å²) in [4.78, 5) is 19.6. The lowest BCUT2D eigenvalue weighted by Crippen LogP contribution is -2.48. The largest absolute Gasteiger partial charge is 0.424 e. The first kappa shape index (κ1) is 15.2. The first-order valence-electron chi connectivity index (χ1n) is 7.83. The van der Waals surface area contributed by atoms with Crippen LogP contribution in [0.1, 0.15) is 18.4 Å². The molecular weight excluding hydrogens is 322 g/mol. The highest BCUT2D eigenvalue weighted by molar-refractivity contribution is 6.29. The van der Waals surface area contributed by atoms with Crippen molar-refractivity contribution in [2.24, 2.45) is 10.7 Å². The van der Waals surface area contributed by atoms with E-state index in [4.69, 9.17) is 21.3 Å². The van der Waals surface area contributed by atoms with Crippen molar-refractivity contribution >= 4 is 34.4 Å². The summed E-state index contributed by atoms with van der Waals surface area (Å²) in [6.45, 7) is 0.324. The Hall–Kier alpha value is -3.36. The molecule has 9 nitrogen and oxygen atoms in total. The van der Waals surface area contributed by atoms with Crippen molar-refractivity contribution in [1.29, 1.82) is 5.41 Å². The summed E-state index contributed by atoms with van der Waals surface area (Å²) in [6.07, 6.45) is 0.939. The fourth-order valence-corrected chi connectivity index (χ4v) is 2.90. The van der Waals surface area contributed by atoms with Gasteiger partial charge in [0.25, 0.3) is 6.01 Å². The number of Topliss-reactive ketones (excluding diaryl/α,β-unsaturated/α-hetero) is 1. The van der Waals surface area contributed by atoms with Gasteiger partial charge in [-0.2, -0.15) is 4.98 Å². The summed E-state index contributed by atoms with van der Waals surface area (Å²) >= 11 is 0. The normalized spacial score (nSPS) is 17.9. The van der Waals surface area contributed by atoms with Gasteiger partial charge in [-0.25, -0.2) is 4.99 Å². The maximum absolute atomic E-state index is 11.2. The van der Waals surface area contributed by atoms with Crippen LogP contribution >= 0.6 is 0 Å². The Balaban J connectivity index is 1.65. The number of nitrogens with zero attached hydrogens (tertiary/aromatic N) is 2. The van der Waals surface area contributed by atoms with Gasteiger partial charge in [0.05, 0.1) is 11.3 Å². The molecule has 25 heavy (non-hydrogen) atoms. The van der Waals surface area contributed by atoms with Gasteiger partial charge < -0.3 is 26.5 Å². The number of benzene rings is 1. The second-order valence-corrected chi connectivity index (χ2v) is 6.03. The molecule has 0 bridgehead atoms. The Morgan fingerprint density at radius 2 is 2.16 bits per heavy atom. The molecule has 0 atom stereocenters. The molecule has 1 fully saturated rings. The van der Waals surface area contributed by atoms with Gasteiger partial charge in [-0.3, -0.25) is 10.2 Å². The van der Waals surface area contributed by atoms with Crippen LogP contribution in [0, 0.1) is 5.41 Å². The molecule has 2 aromatic rings. The number of nitrogens with one attached hydrogen (secondary N) is 3. The molecule has 1 saturated carbocycles. The van der Waals surface area contributed by atoms with E-state index in [1.165, 1.54) is 0 Å². The molecule has 0 radical (unpaired) electrons. The zero-order chi connectivity index (χ0) is 17.6. The molecule has 1 aliphatic carbocycles. The van der Waals surface area contributed by atoms with Gasteiger partial charge >= 0.3 is 0 Å². The number of fused-ring (bicyclic) bond motifs is 1. The zero-order valence-corrected chi connectivity index (χ0v) is 13.3. The highest BCUT2D eigenvalue weighted by atomic mass is 16.4. The van der Waals surface area contributed by atoms with E-state index in [2.05, 4.69) is 20.6 Å². The van der Waals surface area contributed by atoms with E-state index in [1.54, 1.807) is 18.2 Å². The van der Waals surface area contributed by atoms with Crippen LogP contribution in [-0.2, 0) is 4.79 Å². The van der Waals surface area contributed by atoms with Crippen molar-refractivity contribution in [1.82, 2.24) is 15.6 Å². The monoisotopic (exact) mass is 339 g/mol. The van der Waals surface area contributed by atoms with Crippen LogP contribution < -0.4 is 22.1 Å². The van der Waals surface area contributed by atoms with Crippen molar-refractivity contribution < 1.29 is 9.21 Å². The molecule has 4 rings (SSSR count). The van der Waals surface area contributed by atoms with Crippen LogP contribution in [-0.4, -0.2) is 35.0 Å². The molecule has 0 amide bonds. The van der Waals surface area contributed by atoms with E-state index >= 15 is 0 Å². The minimum Gasteiger partial charge on any atom is -0.424 e. The van der Waals surface area contributed by atoms with Gasteiger partial charge in [-0.15, -0.1) is 0 Å². The highest BCUT2D eigenvalue weighted by Gasteiger charge is 2.30. The lowest BCUT2D eigenvalue weighted by Gasteiger charge is -2.30. The van der Waals surface area contributed by atoms with Crippen LogP contribution in [0.4, 0.5) is 6.01 Å². The number of carbonyl (C=O) groups excluding carboxylic acids is 1. The molecule has 0 unspecified atom stereocenters. The van der Waals surface area contributed by atoms with Gasteiger partial charge in [0, 0.05) is 24.4 Å². The Bertz CT molecular complexity index is 949. The first-order valence-corrected chi connectivity index (χ1v) is 7.83. The maximum Gasteiger partial charge on any atom is 0.292 e. The average Bonchev–Trinajstić information content (AvgIpc) is 2.92. The van der Waals surface area contributed by atoms with E-state index in [0.29, 0.717) is 53.4 Å². The van der Waals surface area contributed by atoms with Crippen LogP contribution in [0.15, 0.2) is 39.0 Å². The Morgan fingerprint density at radius 3 is 2.92 bits per heavy atom. The number of rotatable bonds is 3. The summed E-state index contributed by atoms with van der Waals surface area (Å²) < 4.78 is 5.25. The molecule has 2 heterocycles. The van der Waals surface area contributed by atoms with Crippen LogP contribution in [0.5, 0.6) is 0 Å². The van der Waals surface area contributed by atoms with Crippen molar-refractivity contribution in [2.45, 2.75) is 18.9 Å². The SMILES string of the molecule is N=C(C1=C(N)NCN=C1NC1CC(=O)C1)c1ccc2oc(N)nc2c1.